The van der Waals surface area contributed by atoms with Crippen LogP contribution in [0.5, 0.6) is 5.75 Å². The Bertz CT molecular complexity index is 600. The fraction of sp³-hybridized carbons (Fsp3) is 0.571. The van der Waals surface area contributed by atoms with Gasteiger partial charge >= 0.3 is 5.69 Å². The van der Waals surface area contributed by atoms with E-state index in [0.29, 0.717) is 13.1 Å². The van der Waals surface area contributed by atoms with Crippen LogP contribution in [0.4, 0.5) is 5.69 Å². The molecule has 0 unspecified atom stereocenters. The minimum absolute atomic E-state index is 0.0281. The highest BCUT2D eigenvalue weighted by Gasteiger charge is 2.27. The number of aromatic hydroxyl groups is 1. The monoisotopic (exact) mass is 312 g/mol. The lowest BCUT2D eigenvalue weighted by Gasteiger charge is -2.21. The number of rotatable bonds is 8. The quantitative estimate of drug-likeness (QED) is 0.745. The molecule has 1 aromatic carbocycles. The van der Waals surface area contributed by atoms with Crippen LogP contribution in [-0.2, 0) is 10.0 Å². The third-order valence-electron chi connectivity index (χ3n) is 3.21. The van der Waals surface area contributed by atoms with Crippen molar-refractivity contribution in [2.24, 2.45) is 0 Å². The van der Waals surface area contributed by atoms with Crippen molar-refractivity contribution in [2.45, 2.75) is 44.4 Å². The van der Waals surface area contributed by atoms with Gasteiger partial charge in [-0.3, -0.25) is 0 Å². The van der Waals surface area contributed by atoms with E-state index in [4.69, 9.17) is 5.39 Å². The van der Waals surface area contributed by atoms with Gasteiger partial charge in [-0.15, -0.1) is 0 Å². The molecule has 1 rings (SSSR count). The number of hydrogen-bond donors (Lipinski definition) is 1. The van der Waals surface area contributed by atoms with Crippen LogP contribution in [0.1, 0.15) is 39.5 Å². The molecule has 21 heavy (non-hydrogen) atoms. The van der Waals surface area contributed by atoms with Crippen LogP contribution in [0.2, 0.25) is 0 Å². The van der Waals surface area contributed by atoms with Crippen molar-refractivity contribution in [1.29, 1.82) is 5.39 Å². The topological polar surface area (TPSA) is 85.8 Å². The van der Waals surface area contributed by atoms with Gasteiger partial charge in [0.25, 0.3) is 0 Å². The van der Waals surface area contributed by atoms with Gasteiger partial charge in [0.15, 0.2) is 4.98 Å². The molecule has 0 aromatic heterocycles. The molecule has 0 radical (unpaired) electrons. The summed E-state index contributed by atoms with van der Waals surface area (Å²) in [5.74, 6) is -0.259. The standard InChI is InChI=1S/C14H21N3O3S/c1-3-5-9-17(10-6-4-2)21(19,20)12-7-8-14(18)13(11-12)16-15/h7-8,11H,3-6,9-10H2,1-2H3/p+1. The molecule has 0 aliphatic carbocycles. The molecular weight excluding hydrogens is 290 g/mol. The number of sulfonamides is 1. The lowest BCUT2D eigenvalue weighted by molar-refractivity contribution is 0.395. The van der Waals surface area contributed by atoms with Crippen LogP contribution < -0.4 is 0 Å². The van der Waals surface area contributed by atoms with E-state index < -0.39 is 10.0 Å². The predicted molar refractivity (Wildman–Crippen MR) is 81.4 cm³/mol. The molecule has 1 aromatic rings. The van der Waals surface area contributed by atoms with Crippen molar-refractivity contribution >= 4 is 15.7 Å². The zero-order valence-electron chi connectivity index (χ0n) is 12.5. The second-order valence-electron chi connectivity index (χ2n) is 4.86. The normalized spacial score (nSPS) is 11.5. The fourth-order valence-corrected chi connectivity index (χ4v) is 3.45. The number of diazo groups is 1. The first kappa shape index (κ1) is 17.4. The van der Waals surface area contributed by atoms with Crippen LogP contribution in [0, 0.1) is 5.39 Å². The highest BCUT2D eigenvalue weighted by atomic mass is 32.2. The van der Waals surface area contributed by atoms with Crippen molar-refractivity contribution in [1.82, 2.24) is 4.31 Å². The van der Waals surface area contributed by atoms with Crippen LogP contribution >= 0.6 is 0 Å². The zero-order valence-corrected chi connectivity index (χ0v) is 13.3. The third kappa shape index (κ3) is 4.41. The van der Waals surface area contributed by atoms with Gasteiger partial charge in [0.1, 0.15) is 0 Å². The van der Waals surface area contributed by atoms with Crippen molar-refractivity contribution in [3.63, 3.8) is 0 Å². The van der Waals surface area contributed by atoms with Crippen LogP contribution in [0.15, 0.2) is 23.1 Å². The molecule has 0 atom stereocenters. The van der Waals surface area contributed by atoms with E-state index in [-0.39, 0.29) is 16.3 Å². The number of benzene rings is 1. The van der Waals surface area contributed by atoms with Gasteiger partial charge in [-0.1, -0.05) is 26.7 Å². The smallest absolute Gasteiger partial charge is 0.427 e. The van der Waals surface area contributed by atoms with E-state index in [9.17, 15) is 13.5 Å². The van der Waals surface area contributed by atoms with Crippen molar-refractivity contribution in [2.75, 3.05) is 13.1 Å². The Balaban J connectivity index is 3.12. The molecular formula is C14H22N3O3S+. The second kappa shape index (κ2) is 7.96. The Labute approximate surface area is 126 Å². The SMILES string of the molecule is CCCCN(CCCC)S(=O)(=O)c1ccc(O)c([N+]#N)c1. The van der Waals surface area contributed by atoms with E-state index >= 15 is 0 Å². The summed E-state index contributed by atoms with van der Waals surface area (Å²) >= 11 is 0. The molecule has 116 valence electrons. The Morgan fingerprint density at radius 3 is 2.24 bits per heavy atom. The van der Waals surface area contributed by atoms with Gasteiger partial charge in [0, 0.05) is 13.1 Å². The van der Waals surface area contributed by atoms with Crippen LogP contribution in [0.3, 0.4) is 0 Å². The third-order valence-corrected chi connectivity index (χ3v) is 5.11. The minimum atomic E-state index is -3.64. The summed E-state index contributed by atoms with van der Waals surface area (Å²) in [7, 11) is -3.64. The van der Waals surface area contributed by atoms with E-state index in [0.717, 1.165) is 25.7 Å². The first-order chi connectivity index (χ1) is 9.97. The second-order valence-corrected chi connectivity index (χ2v) is 6.80. The summed E-state index contributed by atoms with van der Waals surface area (Å²) in [6.45, 7) is 4.94. The zero-order chi connectivity index (χ0) is 15.9. The first-order valence-electron chi connectivity index (χ1n) is 7.15. The Kier molecular flexibility index (Phi) is 6.59. The Morgan fingerprint density at radius 2 is 1.76 bits per heavy atom. The van der Waals surface area contributed by atoms with Crippen LogP contribution in [0.25, 0.3) is 4.98 Å². The van der Waals surface area contributed by atoms with E-state index in [1.54, 1.807) is 0 Å². The number of phenolic OH excluding ortho intramolecular Hbond substituents is 1. The molecule has 0 aliphatic rings. The highest BCUT2D eigenvalue weighted by molar-refractivity contribution is 7.89. The molecule has 0 heterocycles. The molecule has 0 amide bonds. The molecule has 0 bridgehead atoms. The number of nitrogens with zero attached hydrogens (tertiary/aromatic N) is 3. The van der Waals surface area contributed by atoms with E-state index in [1.165, 1.54) is 22.5 Å². The van der Waals surface area contributed by atoms with Crippen molar-refractivity contribution in [3.8, 4) is 5.75 Å². The summed E-state index contributed by atoms with van der Waals surface area (Å²) in [6, 6.07) is 3.72. The maximum Gasteiger partial charge on any atom is 0.427 e. The molecule has 6 nitrogen and oxygen atoms in total. The summed E-state index contributed by atoms with van der Waals surface area (Å²) in [5.41, 5.74) is -0.151. The van der Waals surface area contributed by atoms with Gasteiger partial charge in [-0.25, -0.2) is 8.42 Å². The molecule has 0 fully saturated rings. The maximum absolute atomic E-state index is 12.6. The number of hydrogen-bond acceptors (Lipinski definition) is 4. The Morgan fingerprint density at radius 1 is 1.19 bits per heavy atom. The highest BCUT2D eigenvalue weighted by Crippen LogP contribution is 2.30. The lowest BCUT2D eigenvalue weighted by atomic mass is 10.3. The molecule has 7 heteroatoms. The summed E-state index contributed by atoms with van der Waals surface area (Å²) in [4.78, 5) is 2.92. The van der Waals surface area contributed by atoms with Gasteiger partial charge in [-0.05, 0) is 25.0 Å². The van der Waals surface area contributed by atoms with Crippen molar-refractivity contribution < 1.29 is 13.5 Å². The van der Waals surface area contributed by atoms with E-state index in [1.807, 2.05) is 13.8 Å². The minimum Gasteiger partial charge on any atom is -0.501 e. The van der Waals surface area contributed by atoms with E-state index in [2.05, 4.69) is 4.98 Å². The average Bonchev–Trinajstić information content (AvgIpc) is 2.47. The molecule has 0 saturated heterocycles. The lowest BCUT2D eigenvalue weighted by Crippen LogP contribution is -2.33. The molecule has 0 spiro atoms. The van der Waals surface area contributed by atoms with Gasteiger partial charge in [0.05, 0.1) is 11.0 Å². The maximum atomic E-state index is 12.6. The van der Waals surface area contributed by atoms with Gasteiger partial charge in [-0.2, -0.15) is 4.31 Å². The van der Waals surface area contributed by atoms with Gasteiger partial charge < -0.3 is 5.11 Å². The van der Waals surface area contributed by atoms with Gasteiger partial charge in [0.2, 0.25) is 21.2 Å². The largest absolute Gasteiger partial charge is 0.501 e. The molecule has 1 N–H and O–H groups in total. The van der Waals surface area contributed by atoms with Crippen LogP contribution in [-0.4, -0.2) is 30.9 Å². The number of phenols is 1. The molecule has 0 aliphatic heterocycles. The average molecular weight is 312 g/mol. The predicted octanol–water partition coefficient (Wildman–Crippen LogP) is 3.47. The molecule has 0 saturated carbocycles. The summed E-state index contributed by atoms with van der Waals surface area (Å²) in [6.07, 6.45) is 3.40. The van der Waals surface area contributed by atoms with Crippen molar-refractivity contribution in [3.05, 3.63) is 23.2 Å². The Hall–Kier alpha value is -1.65. The number of unbranched alkanes of at least 4 members (excludes halogenated alkanes) is 2. The summed E-state index contributed by atoms with van der Waals surface area (Å²) < 4.78 is 26.7. The summed E-state index contributed by atoms with van der Waals surface area (Å²) in [5, 5.41) is 18.2. The first-order valence-corrected chi connectivity index (χ1v) is 8.59. The fourth-order valence-electron chi connectivity index (χ4n) is 1.91.